The summed E-state index contributed by atoms with van der Waals surface area (Å²) in [6.07, 6.45) is 0.288. The van der Waals surface area contributed by atoms with E-state index in [-0.39, 0.29) is 11.9 Å². The number of rotatable bonds is 5. The summed E-state index contributed by atoms with van der Waals surface area (Å²) < 4.78 is 46.8. The third kappa shape index (κ3) is 6.76. The maximum absolute atomic E-state index is 13.3. The topological polar surface area (TPSA) is 95.8 Å². The van der Waals surface area contributed by atoms with Crippen LogP contribution in [-0.4, -0.2) is 37.0 Å². The molecular weight excluding hydrogens is 430 g/mol. The van der Waals surface area contributed by atoms with Gasteiger partial charge in [-0.1, -0.05) is 11.6 Å². The number of nitrogens with zero attached hydrogens (tertiary/aromatic N) is 3. The van der Waals surface area contributed by atoms with Gasteiger partial charge in [-0.3, -0.25) is 4.68 Å². The highest BCUT2D eigenvalue weighted by atomic mass is 35.5. The number of aromatic amines is 1. The van der Waals surface area contributed by atoms with Gasteiger partial charge in [-0.2, -0.15) is 18.3 Å². The van der Waals surface area contributed by atoms with E-state index in [4.69, 9.17) is 21.5 Å². The smallest absolute Gasteiger partial charge is 0.475 e. The zero-order chi connectivity index (χ0) is 22.5. The first-order chi connectivity index (χ1) is 14.0. The highest BCUT2D eigenvalue weighted by molar-refractivity contribution is 6.31. The van der Waals surface area contributed by atoms with E-state index in [0.29, 0.717) is 17.1 Å². The number of H-pyrrole nitrogens is 1. The average molecular weight is 448 g/mol. The molecule has 0 saturated heterocycles. The SMILES string of the molecule is Cc1cnc(C(C)Nc2cnn(Cc3cc(F)ccc3Cl)c2)[nH]1.O=C(O)C(F)(F)F. The van der Waals surface area contributed by atoms with Crippen LogP contribution in [0.25, 0.3) is 0 Å². The summed E-state index contributed by atoms with van der Waals surface area (Å²) in [6, 6.07) is 4.34. The van der Waals surface area contributed by atoms with E-state index in [1.807, 2.05) is 20.0 Å². The van der Waals surface area contributed by atoms with E-state index >= 15 is 0 Å². The zero-order valence-electron chi connectivity index (χ0n) is 15.8. The van der Waals surface area contributed by atoms with Gasteiger partial charge in [-0.05, 0) is 37.6 Å². The van der Waals surface area contributed by atoms with Crippen molar-refractivity contribution in [3.8, 4) is 0 Å². The Morgan fingerprint density at radius 2 is 2.03 bits per heavy atom. The predicted octanol–water partition coefficient (Wildman–Crippen LogP) is 4.56. The summed E-state index contributed by atoms with van der Waals surface area (Å²) >= 11 is 6.08. The third-order valence-electron chi connectivity index (χ3n) is 3.73. The molecule has 0 amide bonds. The second-order valence-electron chi connectivity index (χ2n) is 6.28. The maximum Gasteiger partial charge on any atom is 0.490 e. The van der Waals surface area contributed by atoms with Crippen molar-refractivity contribution in [2.75, 3.05) is 5.32 Å². The highest BCUT2D eigenvalue weighted by Crippen LogP contribution is 2.20. The number of aryl methyl sites for hydroxylation is 1. The van der Waals surface area contributed by atoms with Crippen LogP contribution in [0.1, 0.15) is 30.0 Å². The first kappa shape index (κ1) is 23.2. The number of aliphatic carboxylic acids is 1. The number of hydrogen-bond donors (Lipinski definition) is 3. The van der Waals surface area contributed by atoms with Crippen molar-refractivity contribution in [3.63, 3.8) is 0 Å². The Balaban J connectivity index is 0.000000396. The molecule has 1 unspecified atom stereocenters. The number of imidazole rings is 1. The molecule has 2 heterocycles. The maximum atomic E-state index is 13.3. The Morgan fingerprint density at radius 1 is 1.37 bits per heavy atom. The van der Waals surface area contributed by atoms with Crippen molar-refractivity contribution in [3.05, 3.63) is 64.7 Å². The molecule has 7 nitrogen and oxygen atoms in total. The van der Waals surface area contributed by atoms with E-state index in [1.54, 1.807) is 23.1 Å². The summed E-state index contributed by atoms with van der Waals surface area (Å²) in [7, 11) is 0. The number of carboxylic acids is 1. The number of halogens is 5. The Hall–Kier alpha value is -3.08. The molecule has 3 rings (SSSR count). The number of carboxylic acid groups (broad SMARTS) is 1. The molecule has 0 fully saturated rings. The van der Waals surface area contributed by atoms with Gasteiger partial charge in [0.05, 0.1) is 24.5 Å². The van der Waals surface area contributed by atoms with E-state index in [1.165, 1.54) is 12.1 Å². The second kappa shape index (κ2) is 9.61. The lowest BCUT2D eigenvalue weighted by Gasteiger charge is -2.10. The Morgan fingerprint density at radius 3 is 2.60 bits per heavy atom. The summed E-state index contributed by atoms with van der Waals surface area (Å²) in [5, 5.41) is 15.2. The number of carbonyl (C=O) groups is 1. The summed E-state index contributed by atoms with van der Waals surface area (Å²) in [5.74, 6) is -2.20. The van der Waals surface area contributed by atoms with Crippen LogP contribution in [0.4, 0.5) is 23.2 Å². The number of nitrogens with one attached hydrogen (secondary N) is 2. The van der Waals surface area contributed by atoms with E-state index in [2.05, 4.69) is 20.4 Å². The monoisotopic (exact) mass is 447 g/mol. The lowest BCUT2D eigenvalue weighted by Crippen LogP contribution is -2.21. The summed E-state index contributed by atoms with van der Waals surface area (Å²) in [4.78, 5) is 16.4. The summed E-state index contributed by atoms with van der Waals surface area (Å²) in [6.45, 7) is 4.38. The van der Waals surface area contributed by atoms with Gasteiger partial charge < -0.3 is 15.4 Å². The Kier molecular flexibility index (Phi) is 7.43. The molecule has 12 heteroatoms. The number of benzene rings is 1. The molecule has 0 spiro atoms. The normalized spacial score (nSPS) is 12.1. The molecule has 0 bridgehead atoms. The van der Waals surface area contributed by atoms with Gasteiger partial charge in [-0.15, -0.1) is 0 Å². The first-order valence-corrected chi connectivity index (χ1v) is 8.88. The molecule has 1 atom stereocenters. The van der Waals surface area contributed by atoms with Gasteiger partial charge in [0.1, 0.15) is 11.6 Å². The summed E-state index contributed by atoms with van der Waals surface area (Å²) in [5.41, 5.74) is 2.57. The second-order valence-corrected chi connectivity index (χ2v) is 6.69. The number of alkyl halides is 3. The lowest BCUT2D eigenvalue weighted by atomic mass is 10.2. The molecule has 0 aliphatic rings. The first-order valence-electron chi connectivity index (χ1n) is 8.50. The molecule has 3 aromatic rings. The van der Waals surface area contributed by atoms with Crippen LogP contribution in [0.2, 0.25) is 5.02 Å². The fraction of sp³-hybridized carbons (Fsp3) is 0.278. The average Bonchev–Trinajstić information content (AvgIpc) is 3.27. The van der Waals surface area contributed by atoms with Crippen LogP contribution in [0, 0.1) is 12.7 Å². The van der Waals surface area contributed by atoms with Crippen molar-refractivity contribution in [2.24, 2.45) is 0 Å². The van der Waals surface area contributed by atoms with Gasteiger partial charge in [0, 0.05) is 23.1 Å². The quantitative estimate of drug-likeness (QED) is 0.498. The van der Waals surface area contributed by atoms with Crippen molar-refractivity contribution in [1.82, 2.24) is 19.7 Å². The van der Waals surface area contributed by atoms with Crippen molar-refractivity contribution in [2.45, 2.75) is 32.6 Å². The van der Waals surface area contributed by atoms with Crippen LogP contribution in [0.5, 0.6) is 0 Å². The fourth-order valence-corrected chi connectivity index (χ4v) is 2.51. The molecule has 3 N–H and O–H groups in total. The minimum atomic E-state index is -5.08. The molecule has 0 saturated carbocycles. The number of aromatic nitrogens is 4. The van der Waals surface area contributed by atoms with Crippen LogP contribution >= 0.6 is 11.6 Å². The zero-order valence-corrected chi connectivity index (χ0v) is 16.6. The van der Waals surface area contributed by atoms with Crippen LogP contribution in [-0.2, 0) is 11.3 Å². The van der Waals surface area contributed by atoms with Crippen LogP contribution < -0.4 is 5.32 Å². The number of hydrogen-bond acceptors (Lipinski definition) is 4. The molecule has 1 aromatic carbocycles. The Bertz CT molecular complexity index is 1000. The van der Waals surface area contributed by atoms with E-state index < -0.39 is 12.1 Å². The van der Waals surface area contributed by atoms with Crippen molar-refractivity contribution in [1.29, 1.82) is 0 Å². The lowest BCUT2D eigenvalue weighted by molar-refractivity contribution is -0.192. The fourth-order valence-electron chi connectivity index (χ4n) is 2.33. The van der Waals surface area contributed by atoms with Gasteiger partial charge in [0.25, 0.3) is 0 Å². The largest absolute Gasteiger partial charge is 0.490 e. The third-order valence-corrected chi connectivity index (χ3v) is 4.10. The minimum Gasteiger partial charge on any atom is -0.475 e. The molecule has 162 valence electrons. The molecule has 0 aliphatic heterocycles. The van der Waals surface area contributed by atoms with Gasteiger partial charge in [-0.25, -0.2) is 14.2 Å². The van der Waals surface area contributed by atoms with E-state index in [0.717, 1.165) is 17.2 Å². The Labute approximate surface area is 173 Å². The molecule has 30 heavy (non-hydrogen) atoms. The standard InChI is InChI=1S/C16H17ClFN5.C2HF3O2/c1-10-6-19-16(21-10)11(2)22-14-7-20-23(9-14)8-12-5-13(18)3-4-15(12)17;3-2(4,5)1(6)7/h3-7,9,11,22H,8H2,1-2H3,(H,19,21);(H,6,7). The van der Waals surface area contributed by atoms with Gasteiger partial charge >= 0.3 is 12.1 Å². The molecule has 2 aromatic heterocycles. The van der Waals surface area contributed by atoms with Gasteiger partial charge in [0.2, 0.25) is 0 Å². The van der Waals surface area contributed by atoms with E-state index in [9.17, 15) is 17.6 Å². The van der Waals surface area contributed by atoms with Crippen LogP contribution in [0.15, 0.2) is 36.8 Å². The molecular formula is C18H18ClF4N5O2. The number of anilines is 1. The van der Waals surface area contributed by atoms with Crippen LogP contribution in [0.3, 0.4) is 0 Å². The predicted molar refractivity (Wildman–Crippen MR) is 102 cm³/mol. The van der Waals surface area contributed by atoms with Crippen molar-refractivity contribution < 1.29 is 27.5 Å². The molecule has 0 radical (unpaired) electrons. The van der Waals surface area contributed by atoms with Gasteiger partial charge in [0.15, 0.2) is 0 Å². The minimum absolute atomic E-state index is 0.0270. The highest BCUT2D eigenvalue weighted by Gasteiger charge is 2.38. The molecule has 0 aliphatic carbocycles. The van der Waals surface area contributed by atoms with Crippen molar-refractivity contribution >= 4 is 23.3 Å².